The Kier molecular flexibility index (Phi) is 8.39. The molecule has 0 amide bonds. The number of anilines is 3. The first-order chi connectivity index (χ1) is 30.7. The number of benzene rings is 9. The van der Waals surface area contributed by atoms with Gasteiger partial charge in [0.15, 0.2) is 0 Å². The van der Waals surface area contributed by atoms with Crippen molar-refractivity contribution in [1.29, 1.82) is 0 Å². The van der Waals surface area contributed by atoms with Crippen molar-refractivity contribution in [3.05, 3.63) is 259 Å². The maximum absolute atomic E-state index is 6.45. The van der Waals surface area contributed by atoms with Gasteiger partial charge in [-0.3, -0.25) is 0 Å². The van der Waals surface area contributed by atoms with E-state index in [0.29, 0.717) is 0 Å². The molecule has 3 heteroatoms. The van der Waals surface area contributed by atoms with Crippen LogP contribution in [-0.2, 0) is 5.41 Å². The van der Waals surface area contributed by atoms with Crippen LogP contribution in [0, 0.1) is 0 Å². The first kappa shape index (κ1) is 35.8. The molecule has 0 radical (unpaired) electrons. The molecular formula is C59H39NO2. The Morgan fingerprint density at radius 3 is 1.42 bits per heavy atom. The molecule has 0 saturated carbocycles. The van der Waals surface area contributed by atoms with E-state index in [2.05, 4.69) is 205 Å². The van der Waals surface area contributed by atoms with Gasteiger partial charge in [-0.1, -0.05) is 170 Å². The summed E-state index contributed by atoms with van der Waals surface area (Å²) in [5.41, 5.74) is 16.4. The summed E-state index contributed by atoms with van der Waals surface area (Å²) < 4.78 is 12.8. The van der Waals surface area contributed by atoms with Crippen LogP contribution in [-0.4, -0.2) is 0 Å². The second-order valence-corrected chi connectivity index (χ2v) is 16.0. The van der Waals surface area contributed by atoms with Crippen LogP contribution in [0.1, 0.15) is 22.3 Å². The third kappa shape index (κ3) is 5.67. The van der Waals surface area contributed by atoms with E-state index >= 15 is 0 Å². The Labute approximate surface area is 360 Å². The topological polar surface area (TPSA) is 29.5 Å². The van der Waals surface area contributed by atoms with E-state index in [1.807, 2.05) is 36.4 Å². The summed E-state index contributed by atoms with van der Waals surface area (Å²) in [6, 6.07) is 84.5. The van der Waals surface area contributed by atoms with E-state index in [4.69, 9.17) is 8.83 Å². The summed E-state index contributed by atoms with van der Waals surface area (Å²) >= 11 is 0. The van der Waals surface area contributed by atoms with Crippen molar-refractivity contribution in [3.8, 4) is 44.9 Å². The zero-order chi connectivity index (χ0) is 41.0. The van der Waals surface area contributed by atoms with Crippen LogP contribution in [0.3, 0.4) is 0 Å². The molecule has 9 aromatic carbocycles. The summed E-state index contributed by atoms with van der Waals surface area (Å²) in [7, 11) is 0. The summed E-state index contributed by atoms with van der Waals surface area (Å²) in [6.07, 6.45) is 0. The molecule has 0 bridgehead atoms. The van der Waals surface area contributed by atoms with Crippen molar-refractivity contribution in [2.45, 2.75) is 5.41 Å². The maximum atomic E-state index is 6.45. The van der Waals surface area contributed by atoms with Gasteiger partial charge in [-0.15, -0.1) is 0 Å². The highest BCUT2D eigenvalue weighted by atomic mass is 16.3. The molecule has 62 heavy (non-hydrogen) atoms. The summed E-state index contributed by atoms with van der Waals surface area (Å²) in [6.45, 7) is 0. The number of nitrogens with zero attached hydrogens (tertiary/aromatic N) is 1. The first-order valence-corrected chi connectivity index (χ1v) is 21.2. The number of fused-ring (bicyclic) bond motifs is 6. The van der Waals surface area contributed by atoms with Gasteiger partial charge in [0.2, 0.25) is 0 Å². The van der Waals surface area contributed by atoms with E-state index in [0.717, 1.165) is 72.8 Å². The number of hydrogen-bond donors (Lipinski definition) is 0. The summed E-state index contributed by atoms with van der Waals surface area (Å²) in [5.74, 6) is 1.68. The van der Waals surface area contributed by atoms with Gasteiger partial charge in [-0.25, -0.2) is 0 Å². The molecule has 0 atom stereocenters. The SMILES string of the molecule is c1ccc(-c2ccc(-c3ccc(N(c4ccc(-c5cccc6c5oc5ccccc56)cc4)c4ccc(C5(c6ccccc6)c6ccccc6-c6ccccc65)cc4)cc3)o2)cc1. The van der Waals surface area contributed by atoms with Gasteiger partial charge in [-0.05, 0) is 106 Å². The van der Waals surface area contributed by atoms with Gasteiger partial charge in [0.25, 0.3) is 0 Å². The fraction of sp³-hybridized carbons (Fsp3) is 0.0169. The average Bonchev–Trinajstić information content (AvgIpc) is 4.07. The lowest BCUT2D eigenvalue weighted by Gasteiger charge is -2.34. The van der Waals surface area contributed by atoms with Gasteiger partial charge in [0.1, 0.15) is 22.7 Å². The van der Waals surface area contributed by atoms with E-state index in [-0.39, 0.29) is 0 Å². The Morgan fingerprint density at radius 2 is 0.774 bits per heavy atom. The zero-order valence-corrected chi connectivity index (χ0v) is 33.8. The van der Waals surface area contributed by atoms with Crippen LogP contribution < -0.4 is 4.90 Å². The first-order valence-electron chi connectivity index (χ1n) is 21.2. The highest BCUT2D eigenvalue weighted by molar-refractivity contribution is 6.09. The smallest absolute Gasteiger partial charge is 0.143 e. The Balaban J connectivity index is 0.973. The minimum atomic E-state index is -0.472. The molecule has 3 nitrogen and oxygen atoms in total. The molecule has 2 aromatic heterocycles. The maximum Gasteiger partial charge on any atom is 0.143 e. The predicted molar refractivity (Wildman–Crippen MR) is 254 cm³/mol. The van der Waals surface area contributed by atoms with Crippen molar-refractivity contribution in [3.63, 3.8) is 0 Å². The molecular weight excluding hydrogens is 755 g/mol. The van der Waals surface area contributed by atoms with E-state index in [9.17, 15) is 0 Å². The van der Waals surface area contributed by atoms with Crippen molar-refractivity contribution in [2.24, 2.45) is 0 Å². The molecule has 0 fully saturated rings. The third-order valence-electron chi connectivity index (χ3n) is 12.6. The number of rotatable bonds is 8. The van der Waals surface area contributed by atoms with Gasteiger partial charge in [-0.2, -0.15) is 0 Å². The van der Waals surface area contributed by atoms with Gasteiger partial charge < -0.3 is 13.7 Å². The molecule has 2 heterocycles. The van der Waals surface area contributed by atoms with Crippen molar-refractivity contribution < 1.29 is 8.83 Å². The fourth-order valence-corrected chi connectivity index (χ4v) is 9.81. The van der Waals surface area contributed by atoms with Gasteiger partial charge in [0.05, 0.1) is 5.41 Å². The van der Waals surface area contributed by atoms with Crippen LogP contribution in [0.5, 0.6) is 0 Å². The lowest BCUT2D eigenvalue weighted by Crippen LogP contribution is -2.28. The minimum absolute atomic E-state index is 0.472. The third-order valence-corrected chi connectivity index (χ3v) is 12.6. The minimum Gasteiger partial charge on any atom is -0.456 e. The largest absolute Gasteiger partial charge is 0.456 e. The van der Waals surface area contributed by atoms with E-state index in [1.165, 1.54) is 33.4 Å². The summed E-state index contributed by atoms with van der Waals surface area (Å²) in [4.78, 5) is 2.34. The van der Waals surface area contributed by atoms with Crippen molar-refractivity contribution >= 4 is 39.0 Å². The quantitative estimate of drug-likeness (QED) is 0.153. The monoisotopic (exact) mass is 793 g/mol. The molecule has 1 aliphatic rings. The molecule has 12 rings (SSSR count). The number of hydrogen-bond acceptors (Lipinski definition) is 3. The van der Waals surface area contributed by atoms with Crippen LogP contribution >= 0.6 is 0 Å². The lowest BCUT2D eigenvalue weighted by molar-refractivity contribution is 0.597. The average molecular weight is 794 g/mol. The Hall–Kier alpha value is -8.14. The standard InChI is InChI=1S/C59H39NO2/c1-3-14-41(15-4-1)55-38-39-56(61-55)42-28-34-46(35-29-42)60(45-32-26-40(27-33-45)48-21-13-22-52-51-20-9-12-25-57(51)62-58(48)52)47-36-30-44(31-37-47)59(43-16-5-2-6-17-43)53-23-10-7-18-49(53)50-19-8-11-24-54(50)59/h1-39H. The molecule has 0 N–H and O–H groups in total. The second kappa shape index (κ2) is 14.5. The zero-order valence-electron chi connectivity index (χ0n) is 33.8. The van der Waals surface area contributed by atoms with Crippen molar-refractivity contribution in [1.82, 2.24) is 0 Å². The van der Waals surface area contributed by atoms with Gasteiger partial charge in [0, 0.05) is 44.5 Å². The molecule has 11 aromatic rings. The molecule has 0 aliphatic heterocycles. The predicted octanol–water partition coefficient (Wildman–Crippen LogP) is 16.0. The highest BCUT2D eigenvalue weighted by Gasteiger charge is 2.45. The van der Waals surface area contributed by atoms with Crippen LogP contribution in [0.25, 0.3) is 66.8 Å². The fourth-order valence-electron chi connectivity index (χ4n) is 9.81. The second-order valence-electron chi connectivity index (χ2n) is 16.0. The van der Waals surface area contributed by atoms with Crippen LogP contribution in [0.4, 0.5) is 17.1 Å². The Bertz CT molecular complexity index is 3330. The van der Waals surface area contributed by atoms with Crippen LogP contribution in [0.15, 0.2) is 245 Å². The molecule has 1 aliphatic carbocycles. The number of furan rings is 2. The molecule has 0 saturated heterocycles. The van der Waals surface area contributed by atoms with Crippen LogP contribution in [0.2, 0.25) is 0 Å². The highest BCUT2D eigenvalue weighted by Crippen LogP contribution is 2.56. The van der Waals surface area contributed by atoms with Gasteiger partial charge >= 0.3 is 0 Å². The number of para-hydroxylation sites is 2. The lowest BCUT2D eigenvalue weighted by atomic mass is 9.68. The van der Waals surface area contributed by atoms with E-state index < -0.39 is 5.41 Å². The normalized spacial score (nSPS) is 12.6. The summed E-state index contributed by atoms with van der Waals surface area (Å²) in [5, 5.41) is 2.25. The Morgan fingerprint density at radius 1 is 0.306 bits per heavy atom. The van der Waals surface area contributed by atoms with E-state index in [1.54, 1.807) is 0 Å². The van der Waals surface area contributed by atoms with Crippen molar-refractivity contribution in [2.75, 3.05) is 4.90 Å². The molecule has 0 unspecified atom stereocenters. The molecule has 0 spiro atoms. The molecule has 292 valence electrons.